The number of aliphatic carboxylic acids is 1. The third kappa shape index (κ3) is 7.80. The van der Waals surface area contributed by atoms with Crippen LogP contribution in [0.25, 0.3) is 0 Å². The number of alkyl halides is 3. The van der Waals surface area contributed by atoms with Gasteiger partial charge in [0.2, 0.25) is 5.91 Å². The van der Waals surface area contributed by atoms with Crippen LogP contribution in [0.3, 0.4) is 0 Å². The van der Waals surface area contributed by atoms with Gasteiger partial charge in [-0.3, -0.25) is 9.69 Å². The molecule has 11 heteroatoms. The van der Waals surface area contributed by atoms with E-state index >= 15 is 0 Å². The Hall–Kier alpha value is -2.14. The topological polar surface area (TPSA) is 96.7 Å². The molecule has 1 unspecified atom stereocenters. The molecule has 0 spiro atoms. The number of amides is 1. The molecule has 1 aromatic rings. The fourth-order valence-corrected chi connectivity index (χ4v) is 3.72. The number of carboxylic acid groups (broad SMARTS) is 1. The van der Waals surface area contributed by atoms with E-state index in [0.29, 0.717) is 12.5 Å². The number of carboxylic acids is 1. The molecule has 176 valence electrons. The minimum Gasteiger partial charge on any atom is -0.475 e. The van der Waals surface area contributed by atoms with Crippen LogP contribution >= 0.6 is 0 Å². The van der Waals surface area contributed by atoms with Crippen LogP contribution in [0.15, 0.2) is 6.20 Å². The van der Waals surface area contributed by atoms with Crippen molar-refractivity contribution in [2.75, 3.05) is 26.3 Å². The maximum absolute atomic E-state index is 12.0. The van der Waals surface area contributed by atoms with Crippen molar-refractivity contribution in [3.05, 3.63) is 17.7 Å². The Morgan fingerprint density at radius 3 is 2.45 bits per heavy atom. The summed E-state index contributed by atoms with van der Waals surface area (Å²) in [5.41, 5.74) is 0.878. The molecular weight excluding hydrogens is 417 g/mol. The first-order chi connectivity index (χ1) is 14.5. The maximum atomic E-state index is 12.0. The van der Waals surface area contributed by atoms with E-state index in [-0.39, 0.29) is 11.9 Å². The Morgan fingerprint density at radius 1 is 1.29 bits per heavy atom. The molecule has 2 N–H and O–H groups in total. The number of nitrogens with one attached hydrogen (secondary N) is 1. The fourth-order valence-electron chi connectivity index (χ4n) is 3.72. The van der Waals surface area contributed by atoms with Gasteiger partial charge >= 0.3 is 12.1 Å². The van der Waals surface area contributed by atoms with Gasteiger partial charge in [-0.05, 0) is 39.5 Å². The van der Waals surface area contributed by atoms with Gasteiger partial charge in [0.1, 0.15) is 5.82 Å². The van der Waals surface area contributed by atoms with Crippen molar-refractivity contribution in [3.63, 3.8) is 0 Å². The molecule has 0 aliphatic carbocycles. The summed E-state index contributed by atoms with van der Waals surface area (Å²) in [6.07, 6.45) is -0.334. The van der Waals surface area contributed by atoms with Crippen LogP contribution in [0.2, 0.25) is 0 Å². The molecule has 0 aromatic carbocycles. The predicted molar refractivity (Wildman–Crippen MR) is 106 cm³/mol. The Morgan fingerprint density at radius 2 is 1.90 bits per heavy atom. The Kier molecular flexibility index (Phi) is 8.87. The second kappa shape index (κ2) is 10.9. The van der Waals surface area contributed by atoms with Gasteiger partial charge in [0.05, 0.1) is 18.2 Å². The summed E-state index contributed by atoms with van der Waals surface area (Å²) in [5.74, 6) is -0.876. The van der Waals surface area contributed by atoms with Crippen molar-refractivity contribution in [2.45, 2.75) is 64.8 Å². The standard InChI is InChI=1S/C18H30N4O2.C2HF3O2/c1-13(2)19-17(23)10-16-12-22-7-6-21(14(3)18(22)20-16)11-15-4-8-24-9-5-15;3-2(4,5)1(6)7/h12-15H,4-11H2,1-3H3,(H,19,23);(H,6,7). The Labute approximate surface area is 179 Å². The number of hydrogen-bond donors (Lipinski definition) is 2. The van der Waals surface area contributed by atoms with E-state index in [0.717, 1.165) is 63.1 Å². The highest BCUT2D eigenvalue weighted by molar-refractivity contribution is 5.78. The second-order valence-electron chi connectivity index (χ2n) is 8.21. The van der Waals surface area contributed by atoms with Crippen molar-refractivity contribution in [1.82, 2.24) is 19.8 Å². The molecule has 2 aliphatic rings. The van der Waals surface area contributed by atoms with Gasteiger partial charge in [-0.1, -0.05) is 0 Å². The van der Waals surface area contributed by atoms with Crippen LogP contribution in [0.4, 0.5) is 13.2 Å². The summed E-state index contributed by atoms with van der Waals surface area (Å²) < 4.78 is 39.4. The third-order valence-electron chi connectivity index (χ3n) is 5.27. The number of rotatable bonds is 5. The highest BCUT2D eigenvalue weighted by atomic mass is 19.4. The van der Waals surface area contributed by atoms with E-state index in [9.17, 15) is 18.0 Å². The zero-order valence-corrected chi connectivity index (χ0v) is 18.1. The molecule has 2 aliphatic heterocycles. The summed E-state index contributed by atoms with van der Waals surface area (Å²) in [6.45, 7) is 11.1. The quantitative estimate of drug-likeness (QED) is 0.718. The van der Waals surface area contributed by atoms with Crippen molar-refractivity contribution >= 4 is 11.9 Å². The third-order valence-corrected chi connectivity index (χ3v) is 5.27. The SMILES string of the molecule is CC(C)NC(=O)Cc1cn2c(n1)C(C)N(CC1CCOCC1)CC2.O=C(O)C(F)(F)F. The number of aromatic nitrogens is 2. The zero-order chi connectivity index (χ0) is 23.2. The predicted octanol–water partition coefficient (Wildman–Crippen LogP) is 2.39. The lowest BCUT2D eigenvalue weighted by molar-refractivity contribution is -0.192. The number of nitrogens with zero attached hydrogens (tertiary/aromatic N) is 3. The minimum atomic E-state index is -5.08. The van der Waals surface area contributed by atoms with Crippen LogP contribution < -0.4 is 5.32 Å². The molecule has 1 aromatic heterocycles. The fraction of sp³-hybridized carbons (Fsp3) is 0.750. The molecular formula is C20H31F3N4O4. The number of hydrogen-bond acceptors (Lipinski definition) is 5. The number of fused-ring (bicyclic) bond motifs is 1. The number of carbonyl (C=O) groups is 2. The zero-order valence-electron chi connectivity index (χ0n) is 18.1. The molecule has 3 heterocycles. The van der Waals surface area contributed by atoms with E-state index in [1.807, 2.05) is 13.8 Å². The van der Waals surface area contributed by atoms with Crippen LogP contribution in [-0.2, 0) is 27.3 Å². The number of carbonyl (C=O) groups excluding carboxylic acids is 1. The van der Waals surface area contributed by atoms with Crippen LogP contribution in [0, 0.1) is 5.92 Å². The molecule has 31 heavy (non-hydrogen) atoms. The van der Waals surface area contributed by atoms with Crippen molar-refractivity contribution in [3.8, 4) is 0 Å². The van der Waals surface area contributed by atoms with Crippen molar-refractivity contribution in [1.29, 1.82) is 0 Å². The lowest BCUT2D eigenvalue weighted by atomic mass is 9.98. The minimum absolute atomic E-state index is 0.0483. The lowest BCUT2D eigenvalue weighted by Gasteiger charge is -2.37. The van der Waals surface area contributed by atoms with Gasteiger partial charge in [0.25, 0.3) is 0 Å². The first-order valence-corrected chi connectivity index (χ1v) is 10.4. The normalized spacial score (nSPS) is 20.0. The van der Waals surface area contributed by atoms with Gasteiger partial charge in [0.15, 0.2) is 0 Å². The smallest absolute Gasteiger partial charge is 0.475 e. The first kappa shape index (κ1) is 25.1. The molecule has 8 nitrogen and oxygen atoms in total. The van der Waals surface area contributed by atoms with E-state index in [2.05, 4.69) is 27.9 Å². The highest BCUT2D eigenvalue weighted by Gasteiger charge is 2.38. The summed E-state index contributed by atoms with van der Waals surface area (Å²) in [4.78, 5) is 28.2. The molecule has 0 saturated carbocycles. The first-order valence-electron chi connectivity index (χ1n) is 10.4. The van der Waals surface area contributed by atoms with Crippen molar-refractivity contribution in [2.24, 2.45) is 5.92 Å². The maximum Gasteiger partial charge on any atom is 0.490 e. The van der Waals surface area contributed by atoms with E-state index in [4.69, 9.17) is 19.6 Å². The molecule has 0 radical (unpaired) electrons. The largest absolute Gasteiger partial charge is 0.490 e. The molecule has 1 amide bonds. The van der Waals surface area contributed by atoms with Gasteiger partial charge in [-0.15, -0.1) is 0 Å². The van der Waals surface area contributed by atoms with E-state index in [1.54, 1.807) is 0 Å². The highest BCUT2D eigenvalue weighted by Crippen LogP contribution is 2.27. The van der Waals surface area contributed by atoms with Gasteiger partial charge in [0, 0.05) is 45.1 Å². The number of ether oxygens (including phenoxy) is 1. The van der Waals surface area contributed by atoms with E-state index < -0.39 is 12.1 Å². The van der Waals surface area contributed by atoms with Gasteiger partial charge < -0.3 is 19.7 Å². The van der Waals surface area contributed by atoms with Gasteiger partial charge in [-0.25, -0.2) is 9.78 Å². The number of halogens is 3. The molecule has 1 atom stereocenters. The van der Waals surface area contributed by atoms with Crippen LogP contribution in [-0.4, -0.2) is 70.0 Å². The Balaban J connectivity index is 0.000000423. The number of imidazole rings is 1. The van der Waals surface area contributed by atoms with Gasteiger partial charge in [-0.2, -0.15) is 13.2 Å². The summed E-state index contributed by atoms with van der Waals surface area (Å²) in [7, 11) is 0. The molecule has 0 bridgehead atoms. The molecule has 3 rings (SSSR count). The van der Waals surface area contributed by atoms with E-state index in [1.165, 1.54) is 0 Å². The average Bonchev–Trinajstić information content (AvgIpc) is 3.07. The average molecular weight is 448 g/mol. The molecule has 1 saturated heterocycles. The van der Waals surface area contributed by atoms with Crippen LogP contribution in [0.1, 0.15) is 51.2 Å². The summed E-state index contributed by atoms with van der Waals surface area (Å²) in [6, 6.07) is 0.479. The second-order valence-corrected chi connectivity index (χ2v) is 8.21. The van der Waals surface area contributed by atoms with Crippen LogP contribution in [0.5, 0.6) is 0 Å². The lowest BCUT2D eigenvalue weighted by Crippen LogP contribution is -2.40. The monoisotopic (exact) mass is 448 g/mol. The Bertz CT molecular complexity index is 745. The summed E-state index contributed by atoms with van der Waals surface area (Å²) >= 11 is 0. The van der Waals surface area contributed by atoms with Crippen molar-refractivity contribution < 1.29 is 32.6 Å². The molecule has 1 fully saturated rings. The summed E-state index contributed by atoms with van der Waals surface area (Å²) in [5, 5.41) is 10.1.